The van der Waals surface area contributed by atoms with E-state index in [0.29, 0.717) is 5.56 Å². The molecule has 86 valence electrons. The number of methoxy groups -OCH3 is 1. The van der Waals surface area contributed by atoms with Gasteiger partial charge in [0, 0.05) is 10.9 Å². The van der Waals surface area contributed by atoms with E-state index < -0.39 is 6.16 Å². The van der Waals surface area contributed by atoms with Gasteiger partial charge in [-0.2, -0.15) is 5.26 Å². The maximum absolute atomic E-state index is 11.0. The molecular weight excluding hydrogens is 220 g/mol. The maximum atomic E-state index is 11.0. The summed E-state index contributed by atoms with van der Waals surface area (Å²) < 4.78 is 9.25. The van der Waals surface area contributed by atoms with Crippen LogP contribution in [-0.2, 0) is 4.74 Å². The Morgan fingerprint density at radius 3 is 2.88 bits per heavy atom. The molecule has 0 aliphatic carbocycles. The Morgan fingerprint density at radius 1 is 1.47 bits per heavy atom. The molecule has 0 spiro atoms. The van der Waals surface area contributed by atoms with Crippen LogP contribution >= 0.6 is 0 Å². The van der Waals surface area contributed by atoms with Crippen LogP contribution in [-0.4, -0.2) is 18.2 Å². The normalized spacial score (nSPS) is 9.94. The topological polar surface area (TPSA) is 75.1 Å². The Balaban J connectivity index is 2.56. The largest absolute Gasteiger partial charge is 0.514 e. The number of nitrogens with one attached hydrogen (secondary N) is 1. The molecule has 1 aromatic heterocycles. The third-order valence-corrected chi connectivity index (χ3v) is 2.38. The number of carbonyl (C=O) groups is 1. The zero-order valence-corrected chi connectivity index (χ0v) is 9.40. The van der Waals surface area contributed by atoms with Gasteiger partial charge in [-0.05, 0) is 18.6 Å². The van der Waals surface area contributed by atoms with Crippen LogP contribution in [0.15, 0.2) is 18.2 Å². The molecule has 0 bridgehead atoms. The molecule has 2 aromatic rings. The Bertz CT molecular complexity index is 622. The first-order chi connectivity index (χ1) is 8.15. The highest BCUT2D eigenvalue weighted by Crippen LogP contribution is 2.28. The Hall–Kier alpha value is -2.48. The zero-order chi connectivity index (χ0) is 12.4. The van der Waals surface area contributed by atoms with Crippen molar-refractivity contribution in [1.82, 2.24) is 4.98 Å². The van der Waals surface area contributed by atoms with E-state index in [1.165, 1.54) is 7.11 Å². The van der Waals surface area contributed by atoms with Gasteiger partial charge in [-0.25, -0.2) is 4.79 Å². The van der Waals surface area contributed by atoms with Crippen LogP contribution in [0.3, 0.4) is 0 Å². The van der Waals surface area contributed by atoms with Crippen molar-refractivity contribution >= 4 is 17.1 Å². The van der Waals surface area contributed by atoms with Crippen molar-refractivity contribution in [3.05, 3.63) is 29.3 Å². The predicted octanol–water partition coefficient (Wildman–Crippen LogP) is 2.49. The average Bonchev–Trinajstić information content (AvgIpc) is 2.64. The highest BCUT2D eigenvalue weighted by molar-refractivity contribution is 5.89. The molecule has 1 aromatic carbocycles. The van der Waals surface area contributed by atoms with Gasteiger partial charge in [-0.15, -0.1) is 0 Å². The van der Waals surface area contributed by atoms with Crippen LogP contribution in [0.2, 0.25) is 0 Å². The first-order valence-electron chi connectivity index (χ1n) is 4.94. The van der Waals surface area contributed by atoms with Gasteiger partial charge >= 0.3 is 6.16 Å². The fourth-order valence-electron chi connectivity index (χ4n) is 1.60. The number of H-pyrrole nitrogens is 1. The molecule has 0 saturated carbocycles. The number of carbonyl (C=O) groups excluding carboxylic acids is 1. The number of aromatic amines is 1. The van der Waals surface area contributed by atoms with Gasteiger partial charge in [0.25, 0.3) is 0 Å². The number of hydrogen-bond donors (Lipinski definition) is 1. The number of ether oxygens (including phenoxy) is 2. The van der Waals surface area contributed by atoms with E-state index >= 15 is 0 Å². The SMILES string of the molecule is COC(=O)Oc1[nH]c2cc(C)ccc2c1C#N. The molecule has 0 amide bonds. The molecular formula is C12H10N2O3. The van der Waals surface area contributed by atoms with Crippen molar-refractivity contribution in [3.8, 4) is 11.9 Å². The molecule has 5 heteroatoms. The lowest BCUT2D eigenvalue weighted by Gasteiger charge is -1.98. The summed E-state index contributed by atoms with van der Waals surface area (Å²) in [4.78, 5) is 13.9. The number of fused-ring (bicyclic) bond motifs is 1. The van der Waals surface area contributed by atoms with Crippen LogP contribution in [0, 0.1) is 18.3 Å². The van der Waals surface area contributed by atoms with Crippen LogP contribution in [0.5, 0.6) is 5.88 Å². The summed E-state index contributed by atoms with van der Waals surface area (Å²) in [5.74, 6) is 0.111. The van der Waals surface area contributed by atoms with Crippen molar-refractivity contribution < 1.29 is 14.3 Å². The fourth-order valence-corrected chi connectivity index (χ4v) is 1.60. The van der Waals surface area contributed by atoms with E-state index in [1.54, 1.807) is 0 Å². The standard InChI is InChI=1S/C12H10N2O3/c1-7-3-4-8-9(6-13)11(14-10(8)5-7)17-12(15)16-2/h3-5,14H,1-2H3. The number of hydrogen-bond acceptors (Lipinski definition) is 4. The van der Waals surface area contributed by atoms with E-state index in [2.05, 4.69) is 9.72 Å². The Kier molecular flexibility index (Phi) is 2.71. The van der Waals surface area contributed by atoms with Crippen LogP contribution < -0.4 is 4.74 Å². The van der Waals surface area contributed by atoms with Crippen molar-refractivity contribution in [3.63, 3.8) is 0 Å². The number of rotatable bonds is 1. The summed E-state index contributed by atoms with van der Waals surface area (Å²) in [6.45, 7) is 1.94. The molecule has 1 N–H and O–H groups in total. The maximum Gasteiger partial charge on any atom is 0.514 e. The molecule has 0 aliphatic heterocycles. The summed E-state index contributed by atoms with van der Waals surface area (Å²) in [5, 5.41) is 9.78. The van der Waals surface area contributed by atoms with Crippen LogP contribution in [0.1, 0.15) is 11.1 Å². The number of nitrogens with zero attached hydrogens (tertiary/aromatic N) is 1. The lowest BCUT2D eigenvalue weighted by molar-refractivity contribution is 0.120. The second-order valence-electron chi connectivity index (χ2n) is 3.55. The minimum atomic E-state index is -0.857. The second-order valence-corrected chi connectivity index (χ2v) is 3.55. The molecule has 1 heterocycles. The van der Waals surface area contributed by atoms with Gasteiger partial charge in [0.1, 0.15) is 11.6 Å². The van der Waals surface area contributed by atoms with E-state index in [4.69, 9.17) is 10.00 Å². The fraction of sp³-hybridized carbons (Fsp3) is 0.167. The lowest BCUT2D eigenvalue weighted by Crippen LogP contribution is -2.08. The van der Waals surface area contributed by atoms with E-state index in [0.717, 1.165) is 16.5 Å². The van der Waals surface area contributed by atoms with E-state index in [1.807, 2.05) is 31.2 Å². The summed E-state index contributed by atoms with van der Waals surface area (Å²) >= 11 is 0. The number of aromatic nitrogens is 1. The molecule has 0 saturated heterocycles. The van der Waals surface area contributed by atoms with Crippen molar-refractivity contribution in [2.24, 2.45) is 0 Å². The van der Waals surface area contributed by atoms with Gasteiger partial charge in [-0.1, -0.05) is 12.1 Å². The average molecular weight is 230 g/mol. The van der Waals surface area contributed by atoms with Crippen molar-refractivity contribution in [1.29, 1.82) is 5.26 Å². The van der Waals surface area contributed by atoms with Gasteiger partial charge in [-0.3, -0.25) is 0 Å². The molecule has 0 fully saturated rings. The molecule has 0 aliphatic rings. The van der Waals surface area contributed by atoms with Gasteiger partial charge in [0.15, 0.2) is 0 Å². The molecule has 0 unspecified atom stereocenters. The lowest BCUT2D eigenvalue weighted by atomic mass is 10.1. The monoisotopic (exact) mass is 230 g/mol. The molecule has 2 rings (SSSR count). The smallest absolute Gasteiger partial charge is 0.437 e. The zero-order valence-electron chi connectivity index (χ0n) is 9.40. The first-order valence-corrected chi connectivity index (χ1v) is 4.94. The third-order valence-electron chi connectivity index (χ3n) is 2.38. The number of nitriles is 1. The highest BCUT2D eigenvalue weighted by Gasteiger charge is 2.15. The summed E-state index contributed by atoms with van der Waals surface area (Å²) in [6, 6.07) is 7.58. The number of aryl methyl sites for hydroxylation is 1. The summed E-state index contributed by atoms with van der Waals surface area (Å²) in [5.41, 5.74) is 2.10. The Labute approximate surface area is 97.6 Å². The summed E-state index contributed by atoms with van der Waals surface area (Å²) in [7, 11) is 1.21. The Morgan fingerprint density at radius 2 is 2.24 bits per heavy atom. The minimum Gasteiger partial charge on any atom is -0.437 e. The van der Waals surface area contributed by atoms with Crippen LogP contribution in [0.4, 0.5) is 4.79 Å². The van der Waals surface area contributed by atoms with Crippen molar-refractivity contribution in [2.75, 3.05) is 7.11 Å². The van der Waals surface area contributed by atoms with Gasteiger partial charge in [0.2, 0.25) is 5.88 Å². The molecule has 17 heavy (non-hydrogen) atoms. The number of benzene rings is 1. The minimum absolute atomic E-state index is 0.111. The second kappa shape index (κ2) is 4.18. The summed E-state index contributed by atoms with van der Waals surface area (Å²) in [6.07, 6.45) is -0.857. The van der Waals surface area contributed by atoms with Crippen LogP contribution in [0.25, 0.3) is 10.9 Å². The predicted molar refractivity (Wildman–Crippen MR) is 60.8 cm³/mol. The highest BCUT2D eigenvalue weighted by atomic mass is 16.7. The van der Waals surface area contributed by atoms with Gasteiger partial charge < -0.3 is 14.5 Å². The first kappa shape index (κ1) is 11.0. The molecule has 5 nitrogen and oxygen atoms in total. The van der Waals surface area contributed by atoms with Gasteiger partial charge in [0.05, 0.1) is 7.11 Å². The van der Waals surface area contributed by atoms with E-state index in [9.17, 15) is 4.79 Å². The third kappa shape index (κ3) is 1.93. The quantitative estimate of drug-likeness (QED) is 0.763. The molecule has 0 atom stereocenters. The molecule has 0 radical (unpaired) electrons. The van der Waals surface area contributed by atoms with E-state index in [-0.39, 0.29) is 5.88 Å². The van der Waals surface area contributed by atoms with Crippen molar-refractivity contribution in [2.45, 2.75) is 6.92 Å².